The number of hydrogen-bond acceptors (Lipinski definition) is 3. The summed E-state index contributed by atoms with van der Waals surface area (Å²) in [5.74, 6) is 1.36. The number of nitrogens with two attached hydrogens (primary N) is 1. The van der Waals surface area contributed by atoms with Gasteiger partial charge in [0, 0.05) is 5.56 Å². The molecule has 1 aromatic carbocycles. The van der Waals surface area contributed by atoms with E-state index in [4.69, 9.17) is 10.2 Å². The van der Waals surface area contributed by atoms with Gasteiger partial charge in [-0.3, -0.25) is 0 Å². The Balaban J connectivity index is 2.50. The highest BCUT2D eigenvalue weighted by Gasteiger charge is 2.20. The zero-order valence-electron chi connectivity index (χ0n) is 11.4. The van der Waals surface area contributed by atoms with Crippen molar-refractivity contribution >= 4 is 0 Å². The van der Waals surface area contributed by atoms with Gasteiger partial charge >= 0.3 is 0 Å². The molecule has 1 atom stereocenters. The van der Waals surface area contributed by atoms with E-state index >= 15 is 0 Å². The van der Waals surface area contributed by atoms with Gasteiger partial charge in [0.25, 0.3) is 0 Å². The Kier molecular flexibility index (Phi) is 3.26. The number of hydrogen-bond donors (Lipinski definition) is 1. The van der Waals surface area contributed by atoms with Gasteiger partial charge in [-0.2, -0.15) is 0 Å². The second kappa shape index (κ2) is 4.58. The topological polar surface area (TPSA) is 52.0 Å². The molecule has 0 bridgehead atoms. The Labute approximate surface area is 108 Å². The summed E-state index contributed by atoms with van der Waals surface area (Å²) in [4.78, 5) is 4.22. The minimum atomic E-state index is -0.180. The van der Waals surface area contributed by atoms with E-state index in [0.717, 1.165) is 11.3 Å². The highest BCUT2D eigenvalue weighted by molar-refractivity contribution is 5.63. The van der Waals surface area contributed by atoms with E-state index in [1.807, 2.05) is 19.1 Å². The Morgan fingerprint density at radius 2 is 1.89 bits per heavy atom. The van der Waals surface area contributed by atoms with Crippen molar-refractivity contribution in [2.24, 2.45) is 5.73 Å². The summed E-state index contributed by atoms with van der Waals surface area (Å²) >= 11 is 0. The van der Waals surface area contributed by atoms with Gasteiger partial charge < -0.3 is 10.2 Å². The van der Waals surface area contributed by atoms with E-state index in [1.54, 1.807) is 6.20 Å². The minimum absolute atomic E-state index is 0.0673. The quantitative estimate of drug-likeness (QED) is 0.877. The molecule has 1 heterocycles. The summed E-state index contributed by atoms with van der Waals surface area (Å²) in [7, 11) is 0. The van der Waals surface area contributed by atoms with Crippen LogP contribution in [0.3, 0.4) is 0 Å². The lowest BCUT2D eigenvalue weighted by Crippen LogP contribution is -2.12. The van der Waals surface area contributed by atoms with E-state index in [9.17, 15) is 0 Å². The second-order valence-electron chi connectivity index (χ2n) is 5.65. The number of benzene rings is 1. The van der Waals surface area contributed by atoms with E-state index < -0.39 is 0 Å². The molecule has 0 saturated heterocycles. The standard InChI is InChI=1S/C15H20N2O/c1-10(16)14-17-9-13(18-14)11-7-5-6-8-12(11)15(2,3)4/h5-10H,16H2,1-4H3. The third-order valence-electron chi connectivity index (χ3n) is 2.91. The smallest absolute Gasteiger partial charge is 0.211 e. The molecule has 96 valence electrons. The van der Waals surface area contributed by atoms with Gasteiger partial charge in [0.2, 0.25) is 5.89 Å². The van der Waals surface area contributed by atoms with Crippen LogP contribution in [-0.4, -0.2) is 4.98 Å². The Bertz CT molecular complexity index is 535. The van der Waals surface area contributed by atoms with Crippen molar-refractivity contribution in [3.05, 3.63) is 41.9 Å². The number of nitrogens with zero attached hydrogens (tertiary/aromatic N) is 1. The third-order valence-corrected chi connectivity index (χ3v) is 2.91. The van der Waals surface area contributed by atoms with Crippen LogP contribution in [0.4, 0.5) is 0 Å². The molecule has 2 aromatic rings. The molecule has 2 rings (SSSR count). The van der Waals surface area contributed by atoms with E-state index in [-0.39, 0.29) is 11.5 Å². The predicted molar refractivity (Wildman–Crippen MR) is 73.2 cm³/mol. The van der Waals surface area contributed by atoms with Gasteiger partial charge in [-0.05, 0) is 17.9 Å². The molecule has 3 nitrogen and oxygen atoms in total. The lowest BCUT2D eigenvalue weighted by molar-refractivity contribution is 0.472. The van der Waals surface area contributed by atoms with Gasteiger partial charge in [0.1, 0.15) is 0 Å². The first-order valence-corrected chi connectivity index (χ1v) is 6.21. The normalized spacial score (nSPS) is 13.6. The molecule has 2 N–H and O–H groups in total. The molecular formula is C15H20N2O. The Morgan fingerprint density at radius 3 is 2.44 bits per heavy atom. The van der Waals surface area contributed by atoms with E-state index in [1.165, 1.54) is 5.56 Å². The first kappa shape index (κ1) is 12.8. The molecule has 18 heavy (non-hydrogen) atoms. The van der Waals surface area contributed by atoms with Gasteiger partial charge in [0.15, 0.2) is 5.76 Å². The highest BCUT2D eigenvalue weighted by Crippen LogP contribution is 2.33. The maximum absolute atomic E-state index is 5.77. The fraction of sp³-hybridized carbons (Fsp3) is 0.400. The summed E-state index contributed by atoms with van der Waals surface area (Å²) in [5, 5.41) is 0. The zero-order chi connectivity index (χ0) is 13.3. The summed E-state index contributed by atoms with van der Waals surface area (Å²) in [6.07, 6.45) is 1.75. The van der Waals surface area contributed by atoms with Crippen LogP contribution in [0.1, 0.15) is 45.2 Å². The van der Waals surface area contributed by atoms with Crippen LogP contribution in [-0.2, 0) is 5.41 Å². The Morgan fingerprint density at radius 1 is 1.22 bits per heavy atom. The fourth-order valence-electron chi connectivity index (χ4n) is 1.97. The van der Waals surface area contributed by atoms with Crippen molar-refractivity contribution in [3.63, 3.8) is 0 Å². The number of oxazole rings is 1. The van der Waals surface area contributed by atoms with Crippen molar-refractivity contribution in [2.75, 3.05) is 0 Å². The van der Waals surface area contributed by atoms with Crippen LogP contribution >= 0.6 is 0 Å². The minimum Gasteiger partial charge on any atom is -0.439 e. The molecule has 0 radical (unpaired) electrons. The molecule has 1 unspecified atom stereocenters. The molecule has 1 aromatic heterocycles. The lowest BCUT2D eigenvalue weighted by Gasteiger charge is -2.21. The van der Waals surface area contributed by atoms with E-state index in [0.29, 0.717) is 5.89 Å². The van der Waals surface area contributed by atoms with Crippen LogP contribution in [0.2, 0.25) is 0 Å². The van der Waals surface area contributed by atoms with Gasteiger partial charge in [-0.25, -0.2) is 4.98 Å². The van der Waals surface area contributed by atoms with Gasteiger partial charge in [0.05, 0.1) is 12.2 Å². The third kappa shape index (κ3) is 2.46. The van der Waals surface area contributed by atoms with Crippen LogP contribution < -0.4 is 5.73 Å². The van der Waals surface area contributed by atoms with Crippen molar-refractivity contribution in [1.29, 1.82) is 0 Å². The van der Waals surface area contributed by atoms with Crippen LogP contribution in [0, 0.1) is 0 Å². The molecule has 0 amide bonds. The highest BCUT2D eigenvalue weighted by atomic mass is 16.4. The first-order valence-electron chi connectivity index (χ1n) is 6.21. The van der Waals surface area contributed by atoms with E-state index in [2.05, 4.69) is 37.9 Å². The van der Waals surface area contributed by atoms with Crippen LogP contribution in [0.25, 0.3) is 11.3 Å². The maximum atomic E-state index is 5.77. The largest absolute Gasteiger partial charge is 0.439 e. The summed E-state index contributed by atoms with van der Waals surface area (Å²) in [5.41, 5.74) is 8.18. The predicted octanol–water partition coefficient (Wildman–Crippen LogP) is 3.66. The fourth-order valence-corrected chi connectivity index (χ4v) is 1.97. The monoisotopic (exact) mass is 244 g/mol. The van der Waals surface area contributed by atoms with Crippen LogP contribution in [0.5, 0.6) is 0 Å². The molecule has 0 aliphatic carbocycles. The average Bonchev–Trinajstić information content (AvgIpc) is 2.77. The van der Waals surface area contributed by atoms with Crippen molar-refractivity contribution in [1.82, 2.24) is 4.98 Å². The zero-order valence-corrected chi connectivity index (χ0v) is 11.4. The summed E-state index contributed by atoms with van der Waals surface area (Å²) < 4.78 is 5.73. The van der Waals surface area contributed by atoms with Crippen molar-refractivity contribution < 1.29 is 4.42 Å². The number of rotatable bonds is 2. The van der Waals surface area contributed by atoms with Gasteiger partial charge in [-0.1, -0.05) is 45.0 Å². The Hall–Kier alpha value is -1.61. The average molecular weight is 244 g/mol. The molecular weight excluding hydrogens is 224 g/mol. The molecule has 0 saturated carbocycles. The summed E-state index contributed by atoms with van der Waals surface area (Å²) in [6.45, 7) is 8.43. The van der Waals surface area contributed by atoms with Crippen molar-refractivity contribution in [2.45, 2.75) is 39.2 Å². The lowest BCUT2D eigenvalue weighted by atomic mass is 9.83. The van der Waals surface area contributed by atoms with Crippen LogP contribution in [0.15, 0.2) is 34.9 Å². The number of aromatic nitrogens is 1. The summed E-state index contributed by atoms with van der Waals surface area (Å²) in [6, 6.07) is 8.07. The second-order valence-corrected chi connectivity index (χ2v) is 5.65. The van der Waals surface area contributed by atoms with Gasteiger partial charge in [-0.15, -0.1) is 0 Å². The molecule has 0 aliphatic heterocycles. The van der Waals surface area contributed by atoms with Crippen molar-refractivity contribution in [3.8, 4) is 11.3 Å². The molecule has 3 heteroatoms. The first-order chi connectivity index (χ1) is 8.39. The molecule has 0 fully saturated rings. The molecule has 0 aliphatic rings. The maximum Gasteiger partial charge on any atom is 0.211 e. The SMILES string of the molecule is CC(N)c1ncc(-c2ccccc2C(C)(C)C)o1. The molecule has 0 spiro atoms.